The lowest BCUT2D eigenvalue weighted by Gasteiger charge is -2.06. The molecule has 0 aliphatic heterocycles. The van der Waals surface area contributed by atoms with E-state index in [1.165, 1.54) is 0 Å². The van der Waals surface area contributed by atoms with Crippen molar-refractivity contribution in [3.63, 3.8) is 0 Å². The third-order valence-electron chi connectivity index (χ3n) is 2.26. The van der Waals surface area contributed by atoms with Crippen molar-refractivity contribution in [1.82, 2.24) is 9.97 Å². The number of aryl methyl sites for hydroxylation is 1. The lowest BCUT2D eigenvalue weighted by atomic mass is 10.2. The summed E-state index contributed by atoms with van der Waals surface area (Å²) in [6, 6.07) is 1.55. The van der Waals surface area contributed by atoms with Crippen LogP contribution in [0.1, 0.15) is 32.4 Å². The largest absolute Gasteiger partial charge is 0.382 e. The molecule has 0 radical (unpaired) electrons. The average molecular weight is 239 g/mol. The Hall–Kier alpha value is -1.36. The third kappa shape index (κ3) is 5.49. The van der Waals surface area contributed by atoms with Gasteiger partial charge in [-0.3, -0.25) is 9.78 Å². The molecule has 0 fully saturated rings. The molecule has 0 bridgehead atoms. The molecule has 0 atom stereocenters. The number of nitrogens with zero attached hydrogens (tertiary/aromatic N) is 1. The molecule has 0 aliphatic carbocycles. The van der Waals surface area contributed by atoms with Crippen LogP contribution in [0.5, 0.6) is 0 Å². The van der Waals surface area contributed by atoms with Gasteiger partial charge < -0.3 is 10.1 Å². The fourth-order valence-electron chi connectivity index (χ4n) is 1.50. The molecule has 0 saturated heterocycles. The van der Waals surface area contributed by atoms with Gasteiger partial charge in [-0.25, -0.2) is 4.98 Å². The number of anilines is 1. The van der Waals surface area contributed by atoms with E-state index < -0.39 is 0 Å². The smallest absolute Gasteiger partial charge is 0.252 e. The lowest BCUT2D eigenvalue weighted by Crippen LogP contribution is -2.15. The Labute approximate surface area is 102 Å². The SMILES string of the molecule is CCCc1cc(=O)[nH]c(NCCCOCC)n1. The number of hydrogen-bond donors (Lipinski definition) is 2. The van der Waals surface area contributed by atoms with Crippen molar-refractivity contribution < 1.29 is 4.74 Å². The number of nitrogens with one attached hydrogen (secondary N) is 2. The van der Waals surface area contributed by atoms with E-state index in [0.717, 1.165) is 44.7 Å². The first-order valence-corrected chi connectivity index (χ1v) is 6.18. The van der Waals surface area contributed by atoms with Crippen molar-refractivity contribution >= 4 is 5.95 Å². The molecule has 5 nitrogen and oxygen atoms in total. The molecule has 5 heteroatoms. The number of aromatic nitrogens is 2. The zero-order valence-electron chi connectivity index (χ0n) is 10.6. The van der Waals surface area contributed by atoms with Gasteiger partial charge in [-0.1, -0.05) is 13.3 Å². The molecule has 0 unspecified atom stereocenters. The summed E-state index contributed by atoms with van der Waals surface area (Å²) in [5, 5.41) is 3.10. The topological polar surface area (TPSA) is 67.0 Å². The van der Waals surface area contributed by atoms with Crippen molar-refractivity contribution in [2.45, 2.75) is 33.1 Å². The van der Waals surface area contributed by atoms with Crippen LogP contribution in [0.3, 0.4) is 0 Å². The van der Waals surface area contributed by atoms with Gasteiger partial charge in [-0.2, -0.15) is 0 Å². The fraction of sp³-hybridized carbons (Fsp3) is 0.667. The highest BCUT2D eigenvalue weighted by atomic mass is 16.5. The van der Waals surface area contributed by atoms with Crippen LogP contribution in [0.2, 0.25) is 0 Å². The molecule has 0 aliphatic rings. The highest BCUT2D eigenvalue weighted by molar-refractivity contribution is 5.24. The van der Waals surface area contributed by atoms with Crippen LogP contribution in [-0.2, 0) is 11.2 Å². The number of hydrogen-bond acceptors (Lipinski definition) is 4. The Morgan fingerprint density at radius 1 is 1.47 bits per heavy atom. The van der Waals surface area contributed by atoms with Crippen LogP contribution in [0.4, 0.5) is 5.95 Å². The number of ether oxygens (including phenoxy) is 1. The summed E-state index contributed by atoms with van der Waals surface area (Å²) < 4.78 is 5.23. The van der Waals surface area contributed by atoms with Gasteiger partial charge >= 0.3 is 0 Å². The van der Waals surface area contributed by atoms with Crippen molar-refractivity contribution in [3.8, 4) is 0 Å². The van der Waals surface area contributed by atoms with Gasteiger partial charge in [0.05, 0.1) is 0 Å². The van der Waals surface area contributed by atoms with Gasteiger partial charge in [0, 0.05) is 31.5 Å². The summed E-state index contributed by atoms with van der Waals surface area (Å²) in [6.45, 7) is 6.25. The van der Waals surface area contributed by atoms with Crippen LogP contribution in [0.25, 0.3) is 0 Å². The number of aromatic amines is 1. The van der Waals surface area contributed by atoms with E-state index >= 15 is 0 Å². The van der Waals surface area contributed by atoms with E-state index in [1.54, 1.807) is 6.07 Å². The predicted octanol–water partition coefficient (Wildman–Crippen LogP) is 1.56. The summed E-state index contributed by atoms with van der Waals surface area (Å²) in [4.78, 5) is 18.4. The first-order valence-electron chi connectivity index (χ1n) is 6.18. The van der Waals surface area contributed by atoms with Crippen molar-refractivity contribution in [3.05, 3.63) is 22.1 Å². The van der Waals surface area contributed by atoms with Gasteiger partial charge in [-0.05, 0) is 19.8 Å². The van der Waals surface area contributed by atoms with Crippen LogP contribution in [-0.4, -0.2) is 29.7 Å². The quantitative estimate of drug-likeness (QED) is 0.676. The molecule has 1 rings (SSSR count). The van der Waals surface area contributed by atoms with Crippen LogP contribution >= 0.6 is 0 Å². The average Bonchev–Trinajstić information content (AvgIpc) is 2.28. The molecule has 1 heterocycles. The van der Waals surface area contributed by atoms with E-state index in [2.05, 4.69) is 22.2 Å². The zero-order valence-corrected chi connectivity index (χ0v) is 10.6. The Bertz CT molecular complexity index is 376. The normalized spacial score (nSPS) is 10.5. The van der Waals surface area contributed by atoms with Crippen molar-refractivity contribution in [1.29, 1.82) is 0 Å². The predicted molar refractivity (Wildman–Crippen MR) is 68.5 cm³/mol. The van der Waals surface area contributed by atoms with Gasteiger partial charge in [-0.15, -0.1) is 0 Å². The van der Waals surface area contributed by atoms with Gasteiger partial charge in [0.2, 0.25) is 5.95 Å². The molecular formula is C12H21N3O2. The summed E-state index contributed by atoms with van der Waals surface area (Å²) in [5.41, 5.74) is 0.735. The molecule has 0 amide bonds. The van der Waals surface area contributed by atoms with Crippen LogP contribution in [0.15, 0.2) is 10.9 Å². The highest BCUT2D eigenvalue weighted by Gasteiger charge is 1.99. The lowest BCUT2D eigenvalue weighted by molar-refractivity contribution is 0.147. The second-order valence-corrected chi connectivity index (χ2v) is 3.81. The van der Waals surface area contributed by atoms with E-state index in [9.17, 15) is 4.79 Å². The molecule has 1 aromatic heterocycles. The molecule has 1 aromatic rings. The Kier molecular flexibility index (Phi) is 6.32. The van der Waals surface area contributed by atoms with Crippen LogP contribution in [0, 0.1) is 0 Å². The standard InChI is InChI=1S/C12H21N3O2/c1-3-6-10-9-11(16)15-12(14-10)13-7-5-8-17-4-2/h9H,3-8H2,1-2H3,(H2,13,14,15,16). The minimum Gasteiger partial charge on any atom is -0.382 e. The Morgan fingerprint density at radius 3 is 3.00 bits per heavy atom. The van der Waals surface area contributed by atoms with E-state index in [-0.39, 0.29) is 5.56 Å². The van der Waals surface area contributed by atoms with Crippen molar-refractivity contribution in [2.24, 2.45) is 0 Å². The zero-order chi connectivity index (χ0) is 12.5. The molecule has 0 aromatic carbocycles. The maximum atomic E-state index is 11.4. The van der Waals surface area contributed by atoms with Crippen molar-refractivity contribution in [2.75, 3.05) is 25.1 Å². The summed E-state index contributed by atoms with van der Waals surface area (Å²) in [6.07, 6.45) is 2.72. The maximum Gasteiger partial charge on any atom is 0.252 e. The van der Waals surface area contributed by atoms with Gasteiger partial charge in [0.25, 0.3) is 5.56 Å². The Balaban J connectivity index is 2.44. The summed E-state index contributed by atoms with van der Waals surface area (Å²) in [5.74, 6) is 0.553. The highest BCUT2D eigenvalue weighted by Crippen LogP contribution is 2.00. The molecule has 17 heavy (non-hydrogen) atoms. The third-order valence-corrected chi connectivity index (χ3v) is 2.26. The number of rotatable bonds is 8. The minimum atomic E-state index is -0.101. The first kappa shape index (κ1) is 13.7. The van der Waals surface area contributed by atoms with Gasteiger partial charge in [0.15, 0.2) is 0 Å². The monoisotopic (exact) mass is 239 g/mol. The molecule has 2 N–H and O–H groups in total. The first-order chi connectivity index (χ1) is 8.26. The van der Waals surface area contributed by atoms with E-state index in [4.69, 9.17) is 4.74 Å². The number of H-pyrrole nitrogens is 1. The molecule has 96 valence electrons. The second kappa shape index (κ2) is 7.84. The van der Waals surface area contributed by atoms with Gasteiger partial charge in [0.1, 0.15) is 0 Å². The van der Waals surface area contributed by atoms with E-state index in [0.29, 0.717) is 5.95 Å². The molecule has 0 spiro atoms. The molecular weight excluding hydrogens is 218 g/mol. The van der Waals surface area contributed by atoms with E-state index in [1.807, 2.05) is 6.92 Å². The second-order valence-electron chi connectivity index (χ2n) is 3.81. The maximum absolute atomic E-state index is 11.4. The Morgan fingerprint density at radius 2 is 2.29 bits per heavy atom. The molecule has 0 saturated carbocycles. The summed E-state index contributed by atoms with van der Waals surface area (Å²) >= 11 is 0. The summed E-state index contributed by atoms with van der Waals surface area (Å²) in [7, 11) is 0. The van der Waals surface area contributed by atoms with Crippen LogP contribution < -0.4 is 10.9 Å². The minimum absolute atomic E-state index is 0.101. The fourth-order valence-corrected chi connectivity index (χ4v) is 1.50.